The van der Waals surface area contributed by atoms with E-state index in [0.717, 1.165) is 0 Å². The highest BCUT2D eigenvalue weighted by Crippen LogP contribution is 2.29. The van der Waals surface area contributed by atoms with E-state index in [4.69, 9.17) is 23.2 Å². The van der Waals surface area contributed by atoms with Crippen molar-refractivity contribution in [3.05, 3.63) is 62.1 Å². The number of rotatable bonds is 3. The van der Waals surface area contributed by atoms with E-state index < -0.39 is 6.10 Å². The molecule has 0 spiro atoms. The number of aliphatic hydroxyl groups excluding tert-OH is 1. The van der Waals surface area contributed by atoms with Crippen LogP contribution in [0.4, 0.5) is 4.39 Å². The van der Waals surface area contributed by atoms with Gasteiger partial charge >= 0.3 is 0 Å². The Morgan fingerprint density at radius 2 is 2.11 bits per heavy atom. The van der Waals surface area contributed by atoms with Gasteiger partial charge in [-0.1, -0.05) is 35.3 Å². The van der Waals surface area contributed by atoms with Crippen molar-refractivity contribution >= 4 is 39.1 Å². The third-order valence-electron chi connectivity index (χ3n) is 2.60. The number of nitrogens with zero attached hydrogens (tertiary/aromatic N) is 1. The van der Waals surface area contributed by atoms with Crippen molar-refractivity contribution in [2.75, 3.05) is 0 Å². The van der Waals surface area contributed by atoms with Gasteiger partial charge in [0.05, 0.1) is 20.2 Å². The molecule has 1 aromatic carbocycles. The zero-order valence-corrected chi connectivity index (χ0v) is 12.7. The molecular weight excluding hydrogens is 356 g/mol. The lowest BCUT2D eigenvalue weighted by Crippen LogP contribution is -2.06. The fourth-order valence-corrected chi connectivity index (χ4v) is 2.61. The first-order valence-electron chi connectivity index (χ1n) is 5.41. The summed E-state index contributed by atoms with van der Waals surface area (Å²) in [6, 6.07) is 6.15. The van der Waals surface area contributed by atoms with E-state index in [9.17, 15) is 9.50 Å². The van der Waals surface area contributed by atoms with Crippen LogP contribution in [-0.2, 0) is 6.42 Å². The first kappa shape index (κ1) is 14.7. The van der Waals surface area contributed by atoms with Crippen LogP contribution in [0, 0.1) is 5.82 Å². The number of pyridine rings is 1. The highest BCUT2D eigenvalue weighted by atomic mass is 79.9. The van der Waals surface area contributed by atoms with Crippen molar-refractivity contribution in [1.82, 2.24) is 4.98 Å². The zero-order chi connectivity index (χ0) is 14.0. The molecule has 0 aliphatic heterocycles. The van der Waals surface area contributed by atoms with Crippen LogP contribution in [0.1, 0.15) is 17.4 Å². The minimum Gasteiger partial charge on any atom is -0.386 e. The molecule has 0 amide bonds. The van der Waals surface area contributed by atoms with E-state index >= 15 is 0 Å². The van der Waals surface area contributed by atoms with E-state index in [-0.39, 0.29) is 17.3 Å². The predicted molar refractivity (Wildman–Crippen MR) is 77.0 cm³/mol. The van der Waals surface area contributed by atoms with Gasteiger partial charge in [0.25, 0.3) is 0 Å². The Balaban J connectivity index is 2.25. The molecule has 0 aliphatic rings. The van der Waals surface area contributed by atoms with Crippen LogP contribution in [0.2, 0.25) is 10.0 Å². The summed E-state index contributed by atoms with van der Waals surface area (Å²) in [5, 5.41) is 10.8. The smallest absolute Gasteiger partial charge is 0.137 e. The van der Waals surface area contributed by atoms with Crippen molar-refractivity contribution in [1.29, 1.82) is 0 Å². The summed E-state index contributed by atoms with van der Waals surface area (Å²) in [7, 11) is 0. The molecule has 1 heterocycles. The second kappa shape index (κ2) is 6.18. The Morgan fingerprint density at radius 1 is 1.37 bits per heavy atom. The molecule has 0 radical (unpaired) electrons. The Morgan fingerprint density at radius 3 is 2.79 bits per heavy atom. The second-order valence-corrected chi connectivity index (χ2v) is 5.59. The summed E-state index contributed by atoms with van der Waals surface area (Å²) >= 11 is 14.9. The maximum absolute atomic E-state index is 13.4. The van der Waals surface area contributed by atoms with E-state index in [0.29, 0.717) is 20.8 Å². The van der Waals surface area contributed by atoms with Crippen molar-refractivity contribution in [2.45, 2.75) is 12.5 Å². The fraction of sp³-hybridized carbons (Fsp3) is 0.154. The van der Waals surface area contributed by atoms with Crippen LogP contribution in [-0.4, -0.2) is 10.1 Å². The molecule has 0 fully saturated rings. The van der Waals surface area contributed by atoms with E-state index in [1.54, 1.807) is 12.1 Å². The van der Waals surface area contributed by atoms with Gasteiger partial charge in [0, 0.05) is 12.6 Å². The molecule has 2 nitrogen and oxygen atoms in total. The molecule has 0 bridgehead atoms. The van der Waals surface area contributed by atoms with Crippen LogP contribution in [0.25, 0.3) is 0 Å². The van der Waals surface area contributed by atoms with Crippen LogP contribution in [0.15, 0.2) is 34.9 Å². The number of aromatic nitrogens is 1. The molecule has 1 aromatic heterocycles. The summed E-state index contributed by atoms with van der Waals surface area (Å²) < 4.78 is 13.7. The number of aliphatic hydroxyl groups is 1. The lowest BCUT2D eigenvalue weighted by Gasteiger charge is -2.13. The van der Waals surface area contributed by atoms with Crippen molar-refractivity contribution in [3.63, 3.8) is 0 Å². The molecule has 2 aromatic rings. The Hall–Kier alpha value is -0.680. The minimum atomic E-state index is -0.928. The van der Waals surface area contributed by atoms with Gasteiger partial charge < -0.3 is 5.11 Å². The van der Waals surface area contributed by atoms with Gasteiger partial charge in [-0.15, -0.1) is 0 Å². The largest absolute Gasteiger partial charge is 0.386 e. The first-order valence-corrected chi connectivity index (χ1v) is 6.96. The van der Waals surface area contributed by atoms with E-state index in [2.05, 4.69) is 20.9 Å². The molecule has 0 saturated carbocycles. The summed E-state index contributed by atoms with van der Waals surface area (Å²) in [5.74, 6) is -0.375. The van der Waals surface area contributed by atoms with E-state index in [1.807, 2.05) is 0 Å². The summed E-state index contributed by atoms with van der Waals surface area (Å²) in [6.07, 6.45) is 0.683. The van der Waals surface area contributed by atoms with Gasteiger partial charge in [0.15, 0.2) is 0 Å². The quantitative estimate of drug-likeness (QED) is 0.865. The molecule has 19 heavy (non-hydrogen) atoms. The number of hydrogen-bond donors (Lipinski definition) is 1. The number of halogens is 4. The van der Waals surface area contributed by atoms with Crippen LogP contribution < -0.4 is 0 Å². The van der Waals surface area contributed by atoms with Gasteiger partial charge in [0.2, 0.25) is 0 Å². The van der Waals surface area contributed by atoms with Gasteiger partial charge in [-0.3, -0.25) is 4.98 Å². The molecule has 1 N–H and O–H groups in total. The van der Waals surface area contributed by atoms with Gasteiger partial charge in [-0.2, -0.15) is 0 Å². The average molecular weight is 365 g/mol. The van der Waals surface area contributed by atoms with Gasteiger partial charge in [-0.05, 0) is 33.6 Å². The van der Waals surface area contributed by atoms with E-state index in [1.165, 1.54) is 18.3 Å². The molecule has 0 aliphatic carbocycles. The molecule has 100 valence electrons. The normalized spacial score (nSPS) is 12.5. The lowest BCUT2D eigenvalue weighted by molar-refractivity contribution is 0.173. The first-order chi connectivity index (χ1) is 8.99. The topological polar surface area (TPSA) is 33.1 Å². The lowest BCUT2D eigenvalue weighted by atomic mass is 10.1. The molecule has 1 atom stereocenters. The van der Waals surface area contributed by atoms with Crippen molar-refractivity contribution < 1.29 is 9.50 Å². The predicted octanol–water partition coefficient (Wildman–Crippen LogP) is 4.57. The van der Waals surface area contributed by atoms with Crippen molar-refractivity contribution in [3.8, 4) is 0 Å². The maximum Gasteiger partial charge on any atom is 0.137 e. The van der Waals surface area contributed by atoms with Crippen LogP contribution in [0.5, 0.6) is 0 Å². The van der Waals surface area contributed by atoms with Crippen molar-refractivity contribution in [2.24, 2.45) is 0 Å². The molecular formula is C13H9BrCl2FNO. The summed E-state index contributed by atoms with van der Waals surface area (Å²) in [5.41, 5.74) is 0.961. The Labute approximate surface area is 128 Å². The number of benzene rings is 1. The zero-order valence-electron chi connectivity index (χ0n) is 9.58. The third kappa shape index (κ3) is 3.45. The SMILES string of the molecule is OC(Cc1cccc(F)c1Br)c1ncc(Cl)cc1Cl. The Bertz CT molecular complexity index is 609. The average Bonchev–Trinajstić information content (AvgIpc) is 2.34. The van der Waals surface area contributed by atoms with Gasteiger partial charge in [0.1, 0.15) is 11.9 Å². The Kier molecular flexibility index (Phi) is 4.79. The molecule has 1 unspecified atom stereocenters. The number of hydrogen-bond acceptors (Lipinski definition) is 2. The van der Waals surface area contributed by atoms with Crippen LogP contribution >= 0.6 is 39.1 Å². The van der Waals surface area contributed by atoms with Crippen LogP contribution in [0.3, 0.4) is 0 Å². The standard InChI is InChI=1S/C13H9BrCl2FNO/c14-12-7(2-1-3-10(12)17)4-11(19)13-9(16)5-8(15)6-18-13/h1-3,5-6,11,19H,4H2. The monoisotopic (exact) mass is 363 g/mol. The second-order valence-electron chi connectivity index (χ2n) is 3.95. The van der Waals surface area contributed by atoms with Gasteiger partial charge in [-0.25, -0.2) is 4.39 Å². The summed E-state index contributed by atoms with van der Waals surface area (Å²) in [4.78, 5) is 4.00. The maximum atomic E-state index is 13.4. The molecule has 0 saturated heterocycles. The fourth-order valence-electron chi connectivity index (χ4n) is 1.68. The highest BCUT2D eigenvalue weighted by molar-refractivity contribution is 9.10. The highest BCUT2D eigenvalue weighted by Gasteiger charge is 2.16. The third-order valence-corrected chi connectivity index (χ3v) is 3.99. The molecule has 2 rings (SSSR count). The minimum absolute atomic E-state index is 0.201. The molecule has 6 heteroatoms. The summed E-state index contributed by atoms with van der Waals surface area (Å²) in [6.45, 7) is 0.